The molecule has 22 heavy (non-hydrogen) atoms. The molecule has 0 radical (unpaired) electrons. The van der Waals surface area contributed by atoms with Crippen LogP contribution in [0.4, 0.5) is 5.69 Å². The van der Waals surface area contributed by atoms with E-state index >= 15 is 0 Å². The van der Waals surface area contributed by atoms with Crippen molar-refractivity contribution in [3.05, 3.63) is 60.7 Å². The van der Waals surface area contributed by atoms with Gasteiger partial charge in [0.05, 0.1) is 30.7 Å². The van der Waals surface area contributed by atoms with Crippen LogP contribution < -0.4 is 4.90 Å². The van der Waals surface area contributed by atoms with E-state index in [9.17, 15) is 9.59 Å². The molecule has 0 atom stereocenters. The minimum absolute atomic E-state index is 0.00340. The van der Waals surface area contributed by atoms with Gasteiger partial charge in [0.25, 0.3) is 0 Å². The van der Waals surface area contributed by atoms with Crippen molar-refractivity contribution in [2.45, 2.75) is 4.90 Å². The molecule has 0 saturated heterocycles. The lowest BCUT2D eigenvalue weighted by atomic mass is 10.1. The van der Waals surface area contributed by atoms with Crippen LogP contribution in [0.3, 0.4) is 0 Å². The summed E-state index contributed by atoms with van der Waals surface area (Å²) in [6.07, 6.45) is 5.17. The van der Waals surface area contributed by atoms with Crippen LogP contribution in [0.5, 0.6) is 0 Å². The van der Waals surface area contributed by atoms with E-state index < -0.39 is 5.97 Å². The average molecular weight is 315 g/mol. The maximum atomic E-state index is 12.3. The van der Waals surface area contributed by atoms with Crippen molar-refractivity contribution in [3.63, 3.8) is 0 Å². The maximum absolute atomic E-state index is 12.3. The molecule has 114 valence electrons. The van der Waals surface area contributed by atoms with Gasteiger partial charge in [0.1, 0.15) is 0 Å². The van der Waals surface area contributed by atoms with Gasteiger partial charge in [-0.1, -0.05) is 31.4 Å². The van der Waals surface area contributed by atoms with Gasteiger partial charge in [-0.3, -0.25) is 4.79 Å². The molecule has 0 bridgehead atoms. The molecule has 1 aromatic rings. The Bertz CT molecular complexity index is 664. The molecule has 0 fully saturated rings. The number of allylic oxidation sites excluding steroid dienone is 2. The lowest BCUT2D eigenvalue weighted by Gasteiger charge is -2.29. The summed E-state index contributed by atoms with van der Waals surface area (Å²) >= 11 is 1.47. The number of anilines is 1. The quantitative estimate of drug-likeness (QED) is 0.618. The lowest BCUT2D eigenvalue weighted by Crippen LogP contribution is -2.36. The van der Waals surface area contributed by atoms with Gasteiger partial charge in [0.2, 0.25) is 5.91 Å². The molecule has 0 N–H and O–H groups in total. The Morgan fingerprint density at radius 2 is 2.23 bits per heavy atom. The standard InChI is InChI=1S/C17H17NO3S/c1-4-6-12(5-2)10-18-14-9-13(17(20)21-3)7-8-15(14)22-11-16(18)19/h4-9H,1-2,10-11H2,3H3/b12-6+. The van der Waals surface area contributed by atoms with Crippen LogP contribution in [-0.2, 0) is 9.53 Å². The Balaban J connectivity index is 2.42. The molecule has 0 saturated carbocycles. The predicted molar refractivity (Wildman–Crippen MR) is 89.3 cm³/mol. The number of benzene rings is 1. The molecule has 1 amide bonds. The highest BCUT2D eigenvalue weighted by Crippen LogP contribution is 2.36. The van der Waals surface area contributed by atoms with E-state index in [0.29, 0.717) is 17.9 Å². The third-order valence-corrected chi connectivity index (χ3v) is 4.31. The van der Waals surface area contributed by atoms with Crippen LogP contribution >= 0.6 is 11.8 Å². The Hall–Kier alpha value is -2.27. The summed E-state index contributed by atoms with van der Waals surface area (Å²) in [4.78, 5) is 26.6. The first-order valence-electron chi connectivity index (χ1n) is 6.70. The Kier molecular flexibility index (Phi) is 5.22. The summed E-state index contributed by atoms with van der Waals surface area (Å²) in [5, 5.41) is 0. The first kappa shape index (κ1) is 16.1. The number of nitrogens with zero attached hydrogens (tertiary/aromatic N) is 1. The third-order valence-electron chi connectivity index (χ3n) is 3.26. The maximum Gasteiger partial charge on any atom is 0.337 e. The topological polar surface area (TPSA) is 46.6 Å². The molecule has 1 aromatic carbocycles. The minimum atomic E-state index is -0.420. The summed E-state index contributed by atoms with van der Waals surface area (Å²) in [5.74, 6) is -0.0454. The predicted octanol–water partition coefficient (Wildman–Crippen LogP) is 3.21. The summed E-state index contributed by atoms with van der Waals surface area (Å²) in [5.41, 5.74) is 2.03. The van der Waals surface area contributed by atoms with E-state index in [1.165, 1.54) is 18.9 Å². The second-order valence-electron chi connectivity index (χ2n) is 4.62. The van der Waals surface area contributed by atoms with Gasteiger partial charge in [-0.25, -0.2) is 4.79 Å². The zero-order valence-corrected chi connectivity index (χ0v) is 13.2. The van der Waals surface area contributed by atoms with E-state index in [-0.39, 0.29) is 5.91 Å². The number of thioether (sulfide) groups is 1. The van der Waals surface area contributed by atoms with Gasteiger partial charge in [-0.2, -0.15) is 0 Å². The Morgan fingerprint density at radius 3 is 2.86 bits per heavy atom. The number of hydrogen-bond acceptors (Lipinski definition) is 4. The summed E-state index contributed by atoms with van der Waals surface area (Å²) in [6.45, 7) is 7.81. The fourth-order valence-corrected chi connectivity index (χ4v) is 3.06. The highest BCUT2D eigenvalue weighted by atomic mass is 32.2. The first-order valence-corrected chi connectivity index (χ1v) is 7.68. The monoisotopic (exact) mass is 315 g/mol. The van der Waals surface area contributed by atoms with Crippen LogP contribution in [0.25, 0.3) is 0 Å². The number of ether oxygens (including phenoxy) is 1. The van der Waals surface area contributed by atoms with Crippen molar-refractivity contribution in [2.24, 2.45) is 0 Å². The zero-order valence-electron chi connectivity index (χ0n) is 12.4. The Labute approximate surface area is 134 Å². The van der Waals surface area contributed by atoms with Crippen molar-refractivity contribution in [1.82, 2.24) is 0 Å². The largest absolute Gasteiger partial charge is 0.465 e. The molecule has 0 unspecified atom stereocenters. The number of fused-ring (bicyclic) bond motifs is 1. The number of esters is 1. The fraction of sp³-hybridized carbons (Fsp3) is 0.176. The highest BCUT2D eigenvalue weighted by Gasteiger charge is 2.26. The van der Waals surface area contributed by atoms with Crippen LogP contribution in [0, 0.1) is 0 Å². The van der Waals surface area contributed by atoms with Crippen molar-refractivity contribution < 1.29 is 14.3 Å². The van der Waals surface area contributed by atoms with Crippen LogP contribution in [0.15, 0.2) is 60.1 Å². The van der Waals surface area contributed by atoms with E-state index in [2.05, 4.69) is 13.2 Å². The number of rotatable bonds is 5. The first-order chi connectivity index (χ1) is 10.6. The molecule has 4 nitrogen and oxygen atoms in total. The highest BCUT2D eigenvalue weighted by molar-refractivity contribution is 8.00. The SMILES string of the molecule is C=C/C=C(\C=C)CN1C(=O)CSc2ccc(C(=O)OC)cc21. The second-order valence-corrected chi connectivity index (χ2v) is 5.64. The smallest absolute Gasteiger partial charge is 0.337 e. The molecule has 5 heteroatoms. The van der Waals surface area contributed by atoms with Gasteiger partial charge in [0.15, 0.2) is 0 Å². The molecule has 0 aliphatic carbocycles. The van der Waals surface area contributed by atoms with Crippen molar-refractivity contribution >= 4 is 29.3 Å². The van der Waals surface area contributed by atoms with Gasteiger partial charge in [-0.15, -0.1) is 11.8 Å². The normalized spacial score (nSPS) is 14.3. The van der Waals surface area contributed by atoms with Crippen molar-refractivity contribution in [2.75, 3.05) is 24.3 Å². The molecule has 1 heterocycles. The summed E-state index contributed by atoms with van der Waals surface area (Å²) < 4.78 is 4.74. The van der Waals surface area contributed by atoms with Gasteiger partial charge in [-0.05, 0) is 23.8 Å². The van der Waals surface area contributed by atoms with Gasteiger partial charge >= 0.3 is 5.97 Å². The zero-order chi connectivity index (χ0) is 16.1. The summed E-state index contributed by atoms with van der Waals surface area (Å²) in [6, 6.07) is 5.25. The molecule has 2 rings (SSSR count). The van der Waals surface area contributed by atoms with Crippen molar-refractivity contribution in [1.29, 1.82) is 0 Å². The minimum Gasteiger partial charge on any atom is -0.465 e. The molecule has 0 spiro atoms. The number of carbonyl (C=O) groups is 2. The number of amides is 1. The van der Waals surface area contributed by atoms with Crippen molar-refractivity contribution in [3.8, 4) is 0 Å². The second kappa shape index (κ2) is 7.13. The number of hydrogen-bond donors (Lipinski definition) is 0. The Morgan fingerprint density at radius 1 is 1.45 bits per heavy atom. The molecule has 1 aliphatic heterocycles. The fourth-order valence-electron chi connectivity index (χ4n) is 2.14. The van der Waals surface area contributed by atoms with E-state index in [1.54, 1.807) is 29.2 Å². The molecular formula is C17H17NO3S. The van der Waals surface area contributed by atoms with Gasteiger partial charge in [0, 0.05) is 4.90 Å². The molecule has 1 aliphatic rings. The van der Waals surface area contributed by atoms with E-state index in [4.69, 9.17) is 4.74 Å². The number of carbonyl (C=O) groups excluding carboxylic acids is 2. The summed E-state index contributed by atoms with van der Waals surface area (Å²) in [7, 11) is 1.34. The van der Waals surface area contributed by atoms with E-state index in [0.717, 1.165) is 16.2 Å². The van der Waals surface area contributed by atoms with E-state index in [1.807, 2.05) is 12.1 Å². The van der Waals surface area contributed by atoms with Gasteiger partial charge < -0.3 is 9.64 Å². The third kappa shape index (κ3) is 3.31. The average Bonchev–Trinajstić information content (AvgIpc) is 2.55. The molecule has 0 aromatic heterocycles. The molecular weight excluding hydrogens is 298 g/mol. The van der Waals surface area contributed by atoms with Crippen LogP contribution in [0.1, 0.15) is 10.4 Å². The van der Waals surface area contributed by atoms with Crippen LogP contribution in [0.2, 0.25) is 0 Å². The van der Waals surface area contributed by atoms with Crippen LogP contribution in [-0.4, -0.2) is 31.3 Å². The number of methoxy groups -OCH3 is 1. The lowest BCUT2D eigenvalue weighted by molar-refractivity contribution is -0.116.